The van der Waals surface area contributed by atoms with E-state index in [9.17, 15) is 19.5 Å². The van der Waals surface area contributed by atoms with Gasteiger partial charge in [-0.25, -0.2) is 4.68 Å². The zero-order valence-corrected chi connectivity index (χ0v) is 25.5. The Morgan fingerprint density at radius 1 is 1.02 bits per heavy atom. The molecule has 42 heavy (non-hydrogen) atoms. The maximum atomic E-state index is 14.8. The number of amides is 3. The number of para-hydroxylation sites is 1. The molecule has 2 saturated heterocycles. The predicted molar refractivity (Wildman–Crippen MR) is 161 cm³/mol. The minimum atomic E-state index is -0.955. The topological polar surface area (TPSA) is 112 Å². The van der Waals surface area contributed by atoms with Crippen LogP contribution in [-0.4, -0.2) is 100 Å². The lowest BCUT2D eigenvalue weighted by molar-refractivity contribution is -0.148. The van der Waals surface area contributed by atoms with E-state index in [-0.39, 0.29) is 36.9 Å². The zero-order valence-electron chi connectivity index (χ0n) is 24.7. The number of fused-ring (bicyclic) bond motifs is 3. The molecule has 1 aromatic carbocycles. The maximum absolute atomic E-state index is 14.8. The summed E-state index contributed by atoms with van der Waals surface area (Å²) in [4.78, 5) is 48.9. The molecule has 0 saturated carbocycles. The van der Waals surface area contributed by atoms with Gasteiger partial charge in [0.2, 0.25) is 17.7 Å². The van der Waals surface area contributed by atoms with Gasteiger partial charge in [0.15, 0.2) is 0 Å². The van der Waals surface area contributed by atoms with Crippen LogP contribution in [0.1, 0.15) is 40.5 Å². The Balaban J connectivity index is 1.46. The third kappa shape index (κ3) is 4.22. The van der Waals surface area contributed by atoms with Crippen LogP contribution in [0.3, 0.4) is 0 Å². The summed E-state index contributed by atoms with van der Waals surface area (Å²) in [5.74, 6) is -1.84. The molecule has 224 valence electrons. The molecular formula is C31H40N6O4S. The number of carbonyl (C=O) groups excluding carboxylic acids is 3. The molecule has 11 heteroatoms. The van der Waals surface area contributed by atoms with Crippen LogP contribution in [0.25, 0.3) is 11.0 Å². The summed E-state index contributed by atoms with van der Waals surface area (Å²) in [6.45, 7) is 9.48. The highest BCUT2D eigenvalue weighted by atomic mass is 32.2. The molecule has 1 aromatic heterocycles. The summed E-state index contributed by atoms with van der Waals surface area (Å²) in [5, 5.41) is 19.2. The number of rotatable bonds is 8. The second kappa shape index (κ2) is 10.8. The van der Waals surface area contributed by atoms with Gasteiger partial charge in [-0.15, -0.1) is 16.9 Å². The number of aliphatic hydroxyl groups excluding tert-OH is 1. The quantitative estimate of drug-likeness (QED) is 0.469. The first-order valence-corrected chi connectivity index (χ1v) is 15.9. The molecule has 4 aliphatic heterocycles. The van der Waals surface area contributed by atoms with E-state index in [0.717, 1.165) is 23.9 Å². The minimum absolute atomic E-state index is 0.0344. The van der Waals surface area contributed by atoms with Gasteiger partial charge < -0.3 is 19.8 Å². The molecule has 2 aromatic rings. The van der Waals surface area contributed by atoms with Crippen LogP contribution in [-0.2, 0) is 21.1 Å². The third-order valence-electron chi connectivity index (χ3n) is 9.73. The first kappa shape index (κ1) is 28.9. The van der Waals surface area contributed by atoms with Gasteiger partial charge in [0, 0.05) is 24.4 Å². The van der Waals surface area contributed by atoms with Crippen LogP contribution in [0.15, 0.2) is 48.6 Å². The van der Waals surface area contributed by atoms with Crippen molar-refractivity contribution in [3.05, 3.63) is 48.6 Å². The number of aromatic nitrogens is 3. The third-order valence-corrected chi connectivity index (χ3v) is 11.5. The van der Waals surface area contributed by atoms with E-state index in [4.69, 9.17) is 0 Å². The van der Waals surface area contributed by atoms with Gasteiger partial charge >= 0.3 is 0 Å². The number of benzene rings is 1. The number of hydrogen-bond donors (Lipinski definition) is 1. The van der Waals surface area contributed by atoms with Crippen LogP contribution in [0.4, 0.5) is 0 Å². The number of carbonyl (C=O) groups is 3. The summed E-state index contributed by atoms with van der Waals surface area (Å²) in [5.41, 5.74) is 1.55. The number of nitrogens with zero attached hydrogens (tertiary/aromatic N) is 6. The molecule has 1 unspecified atom stereocenters. The van der Waals surface area contributed by atoms with Gasteiger partial charge in [0.25, 0.3) is 0 Å². The molecule has 4 aliphatic rings. The number of hydrogen-bond acceptors (Lipinski definition) is 7. The number of aliphatic hydroxyl groups is 1. The van der Waals surface area contributed by atoms with Crippen molar-refractivity contribution < 1.29 is 19.5 Å². The predicted octanol–water partition coefficient (Wildman–Crippen LogP) is 2.69. The molecule has 1 N–H and O–H groups in total. The fourth-order valence-corrected chi connectivity index (χ4v) is 9.66. The Kier molecular flexibility index (Phi) is 7.45. The van der Waals surface area contributed by atoms with E-state index in [1.807, 2.05) is 75.1 Å². The van der Waals surface area contributed by atoms with Crippen molar-refractivity contribution in [2.24, 2.45) is 17.8 Å². The van der Waals surface area contributed by atoms with Crippen molar-refractivity contribution in [1.82, 2.24) is 29.7 Å². The van der Waals surface area contributed by atoms with Crippen LogP contribution in [0, 0.1) is 17.8 Å². The van der Waals surface area contributed by atoms with Crippen molar-refractivity contribution in [2.75, 3.05) is 26.2 Å². The summed E-state index contributed by atoms with van der Waals surface area (Å²) in [6.07, 6.45) is 9.67. The largest absolute Gasteiger partial charge is 0.394 e. The lowest BCUT2D eigenvalue weighted by atomic mass is 9.74. The highest BCUT2D eigenvalue weighted by Gasteiger charge is 2.74. The lowest BCUT2D eigenvalue weighted by Gasteiger charge is -2.41. The van der Waals surface area contributed by atoms with E-state index < -0.39 is 33.4 Å². The number of likely N-dealkylation sites (tertiary alicyclic amines) is 1. The van der Waals surface area contributed by atoms with E-state index in [1.165, 1.54) is 0 Å². The van der Waals surface area contributed by atoms with E-state index in [1.54, 1.807) is 26.2 Å². The standard InChI is InChI=1S/C31H40N6O4S/c1-5-15-34-16-9-13-30(4)24(27(34)39)25-28(40)37(23(18-38)20(3)6-2)26-29(41)35(17-10-14-31(25,26)42-30)19-36-22-12-8-7-11-21(22)32-33-36/h7-14,20,23-26,38H,5-6,15-19H2,1-4H3/t20-,23-,24-,25-,26?,30+,31-/m0/s1. The van der Waals surface area contributed by atoms with E-state index >= 15 is 0 Å². The average molecular weight is 593 g/mol. The van der Waals surface area contributed by atoms with Crippen molar-refractivity contribution in [1.29, 1.82) is 0 Å². The van der Waals surface area contributed by atoms with Crippen molar-refractivity contribution in [3.8, 4) is 0 Å². The van der Waals surface area contributed by atoms with Gasteiger partial charge in [-0.05, 0) is 31.4 Å². The normalized spacial score (nSPS) is 32.2. The lowest BCUT2D eigenvalue weighted by Crippen LogP contribution is -2.58. The van der Waals surface area contributed by atoms with Crippen LogP contribution in [0.2, 0.25) is 0 Å². The van der Waals surface area contributed by atoms with Crippen molar-refractivity contribution in [3.63, 3.8) is 0 Å². The summed E-state index contributed by atoms with van der Waals surface area (Å²) >= 11 is 1.57. The van der Waals surface area contributed by atoms with Crippen LogP contribution >= 0.6 is 11.8 Å². The second-order valence-electron chi connectivity index (χ2n) is 12.2. The molecule has 1 spiro atoms. The maximum Gasteiger partial charge on any atom is 0.248 e. The molecule has 0 radical (unpaired) electrons. The van der Waals surface area contributed by atoms with Crippen molar-refractivity contribution in [2.45, 2.75) is 68.8 Å². The molecule has 3 amide bonds. The highest BCUT2D eigenvalue weighted by molar-refractivity contribution is 8.02. The van der Waals surface area contributed by atoms with Gasteiger partial charge in [0.1, 0.15) is 18.2 Å². The Morgan fingerprint density at radius 3 is 2.50 bits per heavy atom. The first-order chi connectivity index (χ1) is 20.2. The van der Waals surface area contributed by atoms with Gasteiger partial charge in [-0.1, -0.05) is 68.8 Å². The molecular weight excluding hydrogens is 552 g/mol. The molecule has 5 heterocycles. The fourth-order valence-electron chi connectivity index (χ4n) is 7.51. The SMILES string of the molecule is CCCN1CC=C[C@@]2(C)S[C@]34C=CCN(Cn5nnc6ccccc65)C(=O)C3N([C@@H](CO)[C@@H](C)CC)C(=O)[C@@H]4[C@H]2C1=O. The monoisotopic (exact) mass is 592 g/mol. The van der Waals surface area contributed by atoms with Gasteiger partial charge in [-0.2, -0.15) is 0 Å². The Bertz CT molecular complexity index is 1460. The summed E-state index contributed by atoms with van der Waals surface area (Å²) in [7, 11) is 0. The molecule has 7 atom stereocenters. The van der Waals surface area contributed by atoms with Gasteiger partial charge in [-0.3, -0.25) is 14.4 Å². The zero-order chi connectivity index (χ0) is 29.8. The molecule has 0 bridgehead atoms. The summed E-state index contributed by atoms with van der Waals surface area (Å²) in [6, 6.07) is 6.19. The first-order valence-electron chi connectivity index (χ1n) is 15.0. The molecule has 0 aliphatic carbocycles. The van der Waals surface area contributed by atoms with E-state index in [0.29, 0.717) is 19.6 Å². The molecule has 2 fully saturated rings. The van der Waals surface area contributed by atoms with Crippen LogP contribution < -0.4 is 0 Å². The summed E-state index contributed by atoms with van der Waals surface area (Å²) < 4.78 is 0.0951. The molecule has 10 nitrogen and oxygen atoms in total. The van der Waals surface area contributed by atoms with E-state index in [2.05, 4.69) is 16.4 Å². The number of thioether (sulfide) groups is 1. The molecule has 6 rings (SSSR count). The average Bonchev–Trinajstić information content (AvgIpc) is 3.51. The fraction of sp³-hybridized carbons (Fsp3) is 0.581. The minimum Gasteiger partial charge on any atom is -0.394 e. The van der Waals surface area contributed by atoms with Crippen LogP contribution in [0.5, 0.6) is 0 Å². The Hall–Kier alpha value is -3.18. The highest BCUT2D eigenvalue weighted by Crippen LogP contribution is 2.66. The van der Waals surface area contributed by atoms with Crippen molar-refractivity contribution >= 4 is 40.5 Å². The van der Waals surface area contributed by atoms with Gasteiger partial charge in [0.05, 0.1) is 34.7 Å². The second-order valence-corrected chi connectivity index (χ2v) is 14.0. The Labute approximate surface area is 250 Å². The smallest absolute Gasteiger partial charge is 0.248 e. The Morgan fingerprint density at radius 2 is 1.76 bits per heavy atom.